The molecule has 0 atom stereocenters. The molecule has 0 radical (unpaired) electrons. The van der Waals surface area contributed by atoms with Crippen LogP contribution in [-0.4, -0.2) is 17.6 Å². The van der Waals surface area contributed by atoms with E-state index in [0.717, 1.165) is 5.69 Å². The lowest BCUT2D eigenvalue weighted by Gasteiger charge is -2.16. The van der Waals surface area contributed by atoms with Crippen LogP contribution < -0.4 is 5.32 Å². The lowest BCUT2D eigenvalue weighted by molar-refractivity contribution is -0.136. The molecule has 0 spiro atoms. The number of benzene rings is 1. The fourth-order valence-electron chi connectivity index (χ4n) is 1.78. The van der Waals surface area contributed by atoms with Gasteiger partial charge in [0.05, 0.1) is 6.42 Å². The molecule has 0 unspecified atom stereocenters. The van der Waals surface area contributed by atoms with Gasteiger partial charge in [-0.3, -0.25) is 4.79 Å². The second-order valence-electron chi connectivity index (χ2n) is 4.21. The minimum absolute atomic E-state index is 0.145. The lowest BCUT2D eigenvalue weighted by atomic mass is 9.98. The number of hydrogen-bond donors (Lipinski definition) is 2. The zero-order chi connectivity index (χ0) is 12.3. The third-order valence-electron chi connectivity index (χ3n) is 3.01. The van der Waals surface area contributed by atoms with Crippen LogP contribution in [0, 0.1) is 27.7 Å². The zero-order valence-electron chi connectivity index (χ0n) is 10.3. The Balaban J connectivity index is 2.90. The highest BCUT2D eigenvalue weighted by molar-refractivity contribution is 5.68. The molecule has 0 bridgehead atoms. The first kappa shape index (κ1) is 12.6. The van der Waals surface area contributed by atoms with E-state index in [1.54, 1.807) is 0 Å². The molecule has 1 aromatic carbocycles. The Hall–Kier alpha value is -1.51. The lowest BCUT2D eigenvalue weighted by Crippen LogP contribution is -2.10. The Morgan fingerprint density at radius 3 is 2.12 bits per heavy atom. The summed E-state index contributed by atoms with van der Waals surface area (Å²) in [5.41, 5.74) is 5.96. The summed E-state index contributed by atoms with van der Waals surface area (Å²) >= 11 is 0. The Morgan fingerprint density at radius 2 is 1.69 bits per heavy atom. The Kier molecular flexibility index (Phi) is 3.93. The molecule has 3 heteroatoms. The maximum Gasteiger partial charge on any atom is 0.305 e. The predicted octanol–water partition coefficient (Wildman–Crippen LogP) is 2.81. The van der Waals surface area contributed by atoms with Crippen LogP contribution in [0.2, 0.25) is 0 Å². The maximum absolute atomic E-state index is 10.5. The average molecular weight is 221 g/mol. The summed E-state index contributed by atoms with van der Waals surface area (Å²) in [5, 5.41) is 11.8. The molecular weight excluding hydrogens is 202 g/mol. The largest absolute Gasteiger partial charge is 0.481 e. The number of hydrogen-bond acceptors (Lipinski definition) is 2. The summed E-state index contributed by atoms with van der Waals surface area (Å²) in [5.74, 6) is -0.771. The van der Waals surface area contributed by atoms with Gasteiger partial charge in [0, 0.05) is 12.2 Å². The second kappa shape index (κ2) is 5.01. The number of carbonyl (C=O) groups is 1. The van der Waals surface area contributed by atoms with Crippen LogP contribution in [-0.2, 0) is 4.79 Å². The molecule has 1 rings (SSSR count). The van der Waals surface area contributed by atoms with Crippen LogP contribution in [0.1, 0.15) is 28.7 Å². The highest BCUT2D eigenvalue weighted by Gasteiger charge is 2.08. The minimum atomic E-state index is -0.771. The van der Waals surface area contributed by atoms with Gasteiger partial charge in [-0.1, -0.05) is 6.07 Å². The molecular formula is C13H19NO2. The summed E-state index contributed by atoms with van der Waals surface area (Å²) in [6.45, 7) is 8.74. The van der Waals surface area contributed by atoms with Gasteiger partial charge in [-0.2, -0.15) is 0 Å². The molecule has 0 fully saturated rings. The monoisotopic (exact) mass is 221 g/mol. The van der Waals surface area contributed by atoms with Gasteiger partial charge in [-0.05, 0) is 49.9 Å². The van der Waals surface area contributed by atoms with E-state index in [0.29, 0.717) is 6.54 Å². The van der Waals surface area contributed by atoms with Crippen molar-refractivity contribution >= 4 is 11.7 Å². The molecule has 0 saturated heterocycles. The van der Waals surface area contributed by atoms with Crippen molar-refractivity contribution in [1.82, 2.24) is 0 Å². The van der Waals surface area contributed by atoms with Crippen molar-refractivity contribution in [3.63, 3.8) is 0 Å². The number of carboxylic acid groups (broad SMARTS) is 1. The van der Waals surface area contributed by atoms with Crippen LogP contribution >= 0.6 is 0 Å². The predicted molar refractivity (Wildman–Crippen MR) is 66.1 cm³/mol. The molecule has 3 nitrogen and oxygen atoms in total. The van der Waals surface area contributed by atoms with Crippen molar-refractivity contribution in [2.45, 2.75) is 34.1 Å². The van der Waals surface area contributed by atoms with Crippen molar-refractivity contribution in [2.75, 3.05) is 11.9 Å². The van der Waals surface area contributed by atoms with Crippen LogP contribution in [0.25, 0.3) is 0 Å². The van der Waals surface area contributed by atoms with Crippen molar-refractivity contribution < 1.29 is 9.90 Å². The molecule has 1 aromatic rings. The van der Waals surface area contributed by atoms with Gasteiger partial charge in [0.15, 0.2) is 0 Å². The highest BCUT2D eigenvalue weighted by atomic mass is 16.4. The van der Waals surface area contributed by atoms with Gasteiger partial charge in [0.1, 0.15) is 0 Å². The fourth-order valence-corrected chi connectivity index (χ4v) is 1.78. The Bertz CT molecular complexity index is 385. The molecule has 16 heavy (non-hydrogen) atoms. The first-order valence-corrected chi connectivity index (χ1v) is 5.46. The zero-order valence-corrected chi connectivity index (χ0v) is 10.3. The molecule has 2 N–H and O–H groups in total. The molecule has 88 valence electrons. The van der Waals surface area contributed by atoms with Crippen molar-refractivity contribution in [2.24, 2.45) is 0 Å². The van der Waals surface area contributed by atoms with Gasteiger partial charge in [0.2, 0.25) is 0 Å². The molecule has 0 heterocycles. The molecule has 0 amide bonds. The summed E-state index contributed by atoms with van der Waals surface area (Å²) < 4.78 is 0. The van der Waals surface area contributed by atoms with Crippen molar-refractivity contribution in [3.05, 3.63) is 28.3 Å². The van der Waals surface area contributed by atoms with E-state index in [4.69, 9.17) is 5.11 Å². The third-order valence-corrected chi connectivity index (χ3v) is 3.01. The summed E-state index contributed by atoms with van der Waals surface area (Å²) in [7, 11) is 0. The normalized spacial score (nSPS) is 10.2. The summed E-state index contributed by atoms with van der Waals surface area (Å²) in [6.07, 6.45) is 0.145. The van der Waals surface area contributed by atoms with Gasteiger partial charge < -0.3 is 10.4 Å². The van der Waals surface area contributed by atoms with Crippen molar-refractivity contribution in [3.8, 4) is 0 Å². The smallest absolute Gasteiger partial charge is 0.305 e. The van der Waals surface area contributed by atoms with E-state index >= 15 is 0 Å². The van der Waals surface area contributed by atoms with Crippen LogP contribution in [0.5, 0.6) is 0 Å². The number of aryl methyl sites for hydroxylation is 2. The first-order valence-electron chi connectivity index (χ1n) is 5.46. The molecule has 0 aromatic heterocycles. The highest BCUT2D eigenvalue weighted by Crippen LogP contribution is 2.26. The number of nitrogens with one attached hydrogen (secondary N) is 1. The topological polar surface area (TPSA) is 49.3 Å². The van der Waals surface area contributed by atoms with E-state index in [-0.39, 0.29) is 6.42 Å². The minimum Gasteiger partial charge on any atom is -0.481 e. The van der Waals surface area contributed by atoms with E-state index < -0.39 is 5.97 Å². The first-order chi connectivity index (χ1) is 7.43. The van der Waals surface area contributed by atoms with E-state index in [1.807, 2.05) is 0 Å². The third kappa shape index (κ3) is 2.75. The average Bonchev–Trinajstić information content (AvgIpc) is 2.20. The van der Waals surface area contributed by atoms with Crippen LogP contribution in [0.4, 0.5) is 5.69 Å². The van der Waals surface area contributed by atoms with Crippen LogP contribution in [0.3, 0.4) is 0 Å². The number of aliphatic carboxylic acids is 1. The van der Waals surface area contributed by atoms with E-state index in [2.05, 4.69) is 39.1 Å². The number of anilines is 1. The molecule has 0 saturated carbocycles. The quantitative estimate of drug-likeness (QED) is 0.822. The van der Waals surface area contributed by atoms with E-state index in [9.17, 15) is 4.79 Å². The molecule has 0 aliphatic rings. The maximum atomic E-state index is 10.5. The van der Waals surface area contributed by atoms with Crippen LogP contribution in [0.15, 0.2) is 6.07 Å². The van der Waals surface area contributed by atoms with E-state index in [1.165, 1.54) is 22.3 Å². The van der Waals surface area contributed by atoms with Gasteiger partial charge in [0.25, 0.3) is 0 Å². The van der Waals surface area contributed by atoms with Crippen molar-refractivity contribution in [1.29, 1.82) is 0 Å². The standard InChI is InChI=1S/C13H19NO2/c1-8-7-9(2)11(4)13(10(8)3)14-6-5-12(15)16/h7,14H,5-6H2,1-4H3,(H,15,16). The Labute approximate surface area is 96.5 Å². The molecule has 0 aliphatic heterocycles. The number of carboxylic acids is 1. The molecule has 0 aliphatic carbocycles. The fraction of sp³-hybridized carbons (Fsp3) is 0.462. The van der Waals surface area contributed by atoms with Gasteiger partial charge >= 0.3 is 5.97 Å². The SMILES string of the molecule is Cc1cc(C)c(C)c(NCCC(=O)O)c1C. The van der Waals surface area contributed by atoms with Gasteiger partial charge in [-0.15, -0.1) is 0 Å². The van der Waals surface area contributed by atoms with Gasteiger partial charge in [-0.25, -0.2) is 0 Å². The summed E-state index contributed by atoms with van der Waals surface area (Å²) in [6, 6.07) is 2.16. The summed E-state index contributed by atoms with van der Waals surface area (Å²) in [4.78, 5) is 10.5. The second-order valence-corrected chi connectivity index (χ2v) is 4.21. The number of rotatable bonds is 4. The Morgan fingerprint density at radius 1 is 1.19 bits per heavy atom.